The van der Waals surface area contributed by atoms with E-state index in [1.54, 1.807) is 0 Å². The molecule has 5 atom stereocenters. The van der Waals surface area contributed by atoms with Crippen LogP contribution in [0.4, 0.5) is 0 Å². The summed E-state index contributed by atoms with van der Waals surface area (Å²) in [6, 6.07) is 0. The van der Waals surface area contributed by atoms with Crippen molar-refractivity contribution in [3.05, 3.63) is 170 Å². The second-order valence-corrected chi connectivity index (χ2v) is 37.2. The fourth-order valence-electron chi connectivity index (χ4n) is 14.1. The second kappa shape index (κ2) is 99.9. The maximum Gasteiger partial charge on any atom is 0.472 e. The highest BCUT2D eigenvalue weighted by molar-refractivity contribution is 7.47. The third kappa shape index (κ3) is 101. The van der Waals surface area contributed by atoms with Crippen LogP contribution in [0.25, 0.3) is 0 Å². The van der Waals surface area contributed by atoms with Crippen LogP contribution in [-0.4, -0.2) is 95.9 Å². The molecule has 0 aliphatic rings. The normalized spacial score (nSPS) is 14.4. The van der Waals surface area contributed by atoms with Gasteiger partial charge < -0.3 is 34.2 Å². The Labute approximate surface area is 777 Å². The maximum atomic E-state index is 13.1. The van der Waals surface area contributed by atoms with Crippen molar-refractivity contribution in [3.63, 3.8) is 0 Å². The van der Waals surface area contributed by atoms with Gasteiger partial charge in [0.05, 0.1) is 26.4 Å². The van der Waals surface area contributed by atoms with E-state index in [-0.39, 0.29) is 19.3 Å². The lowest BCUT2D eigenvalue weighted by Crippen LogP contribution is -2.30. The molecule has 0 fully saturated rings. The molecule has 0 aromatic carbocycles. The third-order valence-electron chi connectivity index (χ3n) is 21.9. The van der Waals surface area contributed by atoms with Gasteiger partial charge >= 0.3 is 33.6 Å². The number of ether oxygens (including phenoxy) is 3. The van der Waals surface area contributed by atoms with Gasteiger partial charge in [-0.2, -0.15) is 0 Å². The molecule has 0 rings (SSSR count). The van der Waals surface area contributed by atoms with Gasteiger partial charge in [-0.15, -0.1) is 0 Å². The lowest BCUT2D eigenvalue weighted by Gasteiger charge is -2.21. The topological polar surface area (TPSA) is 231 Å². The highest BCUT2D eigenvalue weighted by Gasteiger charge is 2.30. The van der Waals surface area contributed by atoms with Crippen molar-refractivity contribution in [1.29, 1.82) is 0 Å². The molecule has 18 heteroatoms. The minimum absolute atomic E-state index is 0.0953. The van der Waals surface area contributed by atoms with Gasteiger partial charge in [0.15, 0.2) is 6.10 Å². The van der Waals surface area contributed by atoms with E-state index in [4.69, 9.17) is 32.3 Å². The zero-order valence-corrected chi connectivity index (χ0v) is 82.7. The molecule has 730 valence electrons. The largest absolute Gasteiger partial charge is 0.472 e. The Bertz CT molecular complexity index is 2990. The highest BCUT2D eigenvalue weighted by atomic mass is 31.2. The van der Waals surface area contributed by atoms with E-state index >= 15 is 0 Å². The average molecular weight is 1820 g/mol. The van der Waals surface area contributed by atoms with Crippen molar-refractivity contribution in [2.45, 2.75) is 463 Å². The number of phosphoric acid groups is 2. The van der Waals surface area contributed by atoms with Crippen LogP contribution in [0.15, 0.2) is 170 Å². The van der Waals surface area contributed by atoms with Crippen molar-refractivity contribution < 1.29 is 75.8 Å². The van der Waals surface area contributed by atoms with Gasteiger partial charge in [0.1, 0.15) is 25.4 Å². The Kier molecular flexibility index (Phi) is 95.9. The molecule has 5 unspecified atom stereocenters. The van der Waals surface area contributed by atoms with Crippen LogP contribution in [0.5, 0.6) is 0 Å². The molecule has 0 radical (unpaired) electrons. The Morgan fingerprint density at radius 2 is 0.417 bits per heavy atom. The first-order valence-corrected chi connectivity index (χ1v) is 54.4. The molecule has 4 N–H and O–H groups in total. The number of esters is 3. The third-order valence-corrected chi connectivity index (χ3v) is 23.8. The molecule has 0 saturated heterocycles. The van der Waals surface area contributed by atoms with Crippen LogP contribution in [0, 0.1) is 0 Å². The van der Waals surface area contributed by atoms with Crippen molar-refractivity contribution in [1.82, 2.24) is 0 Å². The second-order valence-electron chi connectivity index (χ2n) is 34.3. The highest BCUT2D eigenvalue weighted by Crippen LogP contribution is 2.45. The first-order valence-electron chi connectivity index (χ1n) is 51.4. The van der Waals surface area contributed by atoms with Crippen LogP contribution in [-0.2, 0) is 55.8 Å². The SMILES string of the molecule is CC/C=C\C/C=C\C/C=C\C/C=C\C/C=C\C/C=C\CCCCCCCCCCCCC(=O)OC(COC(=O)CCCCCCCCCCCCCCCCC/C=C\C/C=C\C/C=C\C/C=C\CCCCC)COP(=O)(O)OCC(O)COP(=O)(O)OCC(O)COC(=O)CCCCCCCCCCCCCCCCC/C=C\C/C=C\C/C=C\C/C=C\CCCCC. The zero-order valence-electron chi connectivity index (χ0n) is 80.9. The Morgan fingerprint density at radius 3 is 0.661 bits per heavy atom. The first-order chi connectivity index (χ1) is 62.2. The monoisotopic (exact) mass is 1820 g/mol. The quantitative estimate of drug-likeness (QED) is 0.0146. The zero-order chi connectivity index (χ0) is 92.1. The summed E-state index contributed by atoms with van der Waals surface area (Å²) in [7, 11) is -9.82. The minimum Gasteiger partial charge on any atom is -0.463 e. The van der Waals surface area contributed by atoms with E-state index in [0.29, 0.717) is 19.3 Å². The van der Waals surface area contributed by atoms with Gasteiger partial charge in [0, 0.05) is 19.3 Å². The van der Waals surface area contributed by atoms with Crippen molar-refractivity contribution in [2.75, 3.05) is 39.6 Å². The predicted molar refractivity (Wildman–Crippen MR) is 537 cm³/mol. The van der Waals surface area contributed by atoms with Crippen LogP contribution in [0.1, 0.15) is 445 Å². The molecule has 0 saturated carbocycles. The molecule has 0 aromatic rings. The van der Waals surface area contributed by atoms with Crippen LogP contribution < -0.4 is 0 Å². The summed E-state index contributed by atoms with van der Waals surface area (Å²) in [5.74, 6) is -1.57. The molecule has 0 aliphatic carbocycles. The van der Waals surface area contributed by atoms with Gasteiger partial charge in [0.25, 0.3) is 0 Å². The number of aliphatic hydroxyl groups excluding tert-OH is 2. The molecule has 0 amide bonds. The van der Waals surface area contributed by atoms with Crippen molar-refractivity contribution in [3.8, 4) is 0 Å². The average Bonchev–Trinajstić information content (AvgIpc) is 0.906. The van der Waals surface area contributed by atoms with E-state index in [1.165, 1.54) is 238 Å². The molecule has 16 nitrogen and oxygen atoms in total. The number of unbranched alkanes of at least 4 members (excludes halogenated alkanes) is 46. The summed E-state index contributed by atoms with van der Waals surface area (Å²) in [5.41, 5.74) is 0. The minimum atomic E-state index is -4.95. The van der Waals surface area contributed by atoms with E-state index in [9.17, 15) is 43.5 Å². The number of allylic oxidation sites excluding steroid dienone is 28. The van der Waals surface area contributed by atoms with Crippen molar-refractivity contribution in [2.24, 2.45) is 0 Å². The Hall–Kier alpha value is -5.09. The van der Waals surface area contributed by atoms with Gasteiger partial charge in [-0.3, -0.25) is 32.5 Å². The van der Waals surface area contributed by atoms with Crippen LogP contribution >= 0.6 is 15.6 Å². The molecule has 0 aliphatic heterocycles. The molecule has 0 aromatic heterocycles. The van der Waals surface area contributed by atoms with Gasteiger partial charge in [0.2, 0.25) is 0 Å². The summed E-state index contributed by atoms with van der Waals surface area (Å²) in [6.07, 6.45) is 131. The van der Waals surface area contributed by atoms with E-state index < -0.39 is 91.5 Å². The predicted octanol–water partition coefficient (Wildman–Crippen LogP) is 32.6. The summed E-state index contributed by atoms with van der Waals surface area (Å²) >= 11 is 0. The maximum absolute atomic E-state index is 13.1. The van der Waals surface area contributed by atoms with Crippen LogP contribution in [0.3, 0.4) is 0 Å². The summed E-state index contributed by atoms with van der Waals surface area (Å²) < 4.78 is 61.7. The van der Waals surface area contributed by atoms with Gasteiger partial charge in [-0.1, -0.05) is 435 Å². The number of aliphatic hydroxyl groups is 2. The number of hydrogen-bond acceptors (Lipinski definition) is 14. The molecule has 0 heterocycles. The fraction of sp³-hybridized carbons (Fsp3) is 0.716. The fourth-order valence-corrected chi connectivity index (χ4v) is 15.7. The van der Waals surface area contributed by atoms with Crippen LogP contribution in [0.2, 0.25) is 0 Å². The first kappa shape index (κ1) is 122. The number of carbonyl (C=O) groups is 3. The lowest BCUT2D eigenvalue weighted by atomic mass is 10.0. The number of hydrogen-bond donors (Lipinski definition) is 4. The van der Waals surface area contributed by atoms with E-state index in [1.807, 2.05) is 0 Å². The van der Waals surface area contributed by atoms with E-state index in [2.05, 4.69) is 191 Å². The number of carbonyl (C=O) groups excluding carboxylic acids is 3. The number of rotatable bonds is 97. The summed E-state index contributed by atoms with van der Waals surface area (Å²) in [5, 5.41) is 20.8. The van der Waals surface area contributed by atoms with E-state index in [0.717, 1.165) is 148 Å². The summed E-state index contributed by atoms with van der Waals surface area (Å²) in [4.78, 5) is 59.2. The standard InChI is InChI=1S/C109H188O16P2/c1-4-7-10-13-16-19-22-25-28-31-34-37-40-43-46-49-51-54-56-59-62-65-68-71-74-77-80-83-86-89-92-95-107(112)119-98-104(110)99-121-126(115,116)122-100-105(111)101-123-127(117,118)124-103-106(125-109(114)97-94-91-88-85-82-79-76-73-70-67-64-61-58-53-48-45-42-39-36-33-30-27-24-21-18-15-12-9-6-3)102-120-108(113)96-93-90-87-84-81-78-75-72-69-66-63-60-57-55-52-50-47-44-41-38-35-32-29-26-23-20-17-14-11-8-5-2/h9,12,16-21,25-30,34-39,43-48,58,61,104-106,110-111H,4-8,10-11,13-15,22-24,31-33,40-42,49-57,59-60,62-103H2,1-3H3,(H,115,116)(H,117,118)/b12-9-,19-16-,20-17-,21-18-,28-25-,29-26-,30-27-,37-34-,38-35-,39-36-,46-43-,47-44-,48-45-,61-58-. The summed E-state index contributed by atoms with van der Waals surface area (Å²) in [6.45, 7) is 2.58. The van der Waals surface area contributed by atoms with Gasteiger partial charge in [-0.25, -0.2) is 9.13 Å². The molecule has 0 spiro atoms. The van der Waals surface area contributed by atoms with Crippen molar-refractivity contribution >= 4 is 33.6 Å². The molecule has 0 bridgehead atoms. The Balaban J connectivity index is 4.64. The Morgan fingerprint density at radius 1 is 0.228 bits per heavy atom. The van der Waals surface area contributed by atoms with Gasteiger partial charge in [-0.05, 0) is 161 Å². The lowest BCUT2D eigenvalue weighted by molar-refractivity contribution is -0.161. The molecule has 127 heavy (non-hydrogen) atoms. The smallest absolute Gasteiger partial charge is 0.463 e. The molecular weight excluding hydrogens is 1630 g/mol. The number of phosphoric ester groups is 2. The molecular formula is C109H188O16P2.